The van der Waals surface area contributed by atoms with E-state index < -0.39 is 4.92 Å². The summed E-state index contributed by atoms with van der Waals surface area (Å²) in [5.74, 6) is 0. The molecule has 1 aromatic heterocycles. The van der Waals surface area contributed by atoms with Crippen molar-refractivity contribution in [1.29, 1.82) is 5.26 Å². The van der Waals surface area contributed by atoms with Gasteiger partial charge in [-0.15, -0.1) is 0 Å². The zero-order chi connectivity index (χ0) is 18.7. The van der Waals surface area contributed by atoms with Crippen molar-refractivity contribution in [3.8, 4) is 6.07 Å². The average Bonchev–Trinajstić information content (AvgIpc) is 2.92. The van der Waals surface area contributed by atoms with Crippen LogP contribution in [0.25, 0.3) is 10.9 Å². The standard InChI is InChI=1S/C19H17N5O2/c1-22(2)13-21-19-16-10-15(24(25)26)8-9-17(16)23(18(19)11-20)12-14-6-4-3-5-7-14/h3-10,13H,12H2,1-2H3. The van der Waals surface area contributed by atoms with Gasteiger partial charge in [-0.3, -0.25) is 10.1 Å². The number of aromatic nitrogens is 1. The minimum absolute atomic E-state index is 0.0276. The van der Waals surface area contributed by atoms with E-state index in [1.54, 1.807) is 17.3 Å². The van der Waals surface area contributed by atoms with Crippen molar-refractivity contribution in [3.63, 3.8) is 0 Å². The molecule has 0 aliphatic heterocycles. The maximum absolute atomic E-state index is 11.2. The van der Waals surface area contributed by atoms with Crippen molar-refractivity contribution in [2.24, 2.45) is 4.99 Å². The highest BCUT2D eigenvalue weighted by Crippen LogP contribution is 2.35. The van der Waals surface area contributed by atoms with Gasteiger partial charge < -0.3 is 9.47 Å². The Labute approximate surface area is 150 Å². The van der Waals surface area contributed by atoms with E-state index >= 15 is 0 Å². The fourth-order valence-electron chi connectivity index (χ4n) is 2.79. The second-order valence-electron chi connectivity index (χ2n) is 6.05. The number of rotatable bonds is 5. The molecule has 0 aliphatic rings. The molecule has 1 heterocycles. The zero-order valence-corrected chi connectivity index (χ0v) is 14.5. The Kier molecular flexibility index (Phi) is 4.67. The maximum Gasteiger partial charge on any atom is 0.270 e. The molecule has 0 N–H and O–H groups in total. The van der Waals surface area contributed by atoms with E-state index in [1.165, 1.54) is 12.1 Å². The number of nitrogens with zero attached hydrogens (tertiary/aromatic N) is 5. The van der Waals surface area contributed by atoms with E-state index in [0.717, 1.165) is 11.1 Å². The second kappa shape index (κ2) is 7.07. The molecule has 0 saturated heterocycles. The van der Waals surface area contributed by atoms with Crippen molar-refractivity contribution in [1.82, 2.24) is 9.47 Å². The lowest BCUT2D eigenvalue weighted by molar-refractivity contribution is -0.384. The van der Waals surface area contributed by atoms with E-state index in [4.69, 9.17) is 0 Å². The molecule has 0 aliphatic carbocycles. The Morgan fingerprint density at radius 2 is 2.00 bits per heavy atom. The minimum Gasteiger partial charge on any atom is -0.369 e. The highest BCUT2D eigenvalue weighted by molar-refractivity contribution is 5.97. The first-order valence-corrected chi connectivity index (χ1v) is 7.96. The van der Waals surface area contributed by atoms with Crippen molar-refractivity contribution in [2.45, 2.75) is 6.54 Å². The number of hydrogen-bond acceptors (Lipinski definition) is 4. The monoisotopic (exact) mass is 347 g/mol. The highest BCUT2D eigenvalue weighted by atomic mass is 16.6. The van der Waals surface area contributed by atoms with Crippen LogP contribution in [0.3, 0.4) is 0 Å². The van der Waals surface area contributed by atoms with Crippen LogP contribution in [0.15, 0.2) is 53.5 Å². The normalized spacial score (nSPS) is 11.0. The third-order valence-corrected chi connectivity index (χ3v) is 3.94. The molecule has 0 radical (unpaired) electrons. The third kappa shape index (κ3) is 3.26. The van der Waals surface area contributed by atoms with Crippen LogP contribution in [-0.4, -0.2) is 34.8 Å². The van der Waals surface area contributed by atoms with Gasteiger partial charge in [-0.2, -0.15) is 5.26 Å². The summed E-state index contributed by atoms with van der Waals surface area (Å²) in [6.07, 6.45) is 1.58. The molecule has 0 fully saturated rings. The molecule has 3 rings (SSSR count). The number of nitriles is 1. The smallest absolute Gasteiger partial charge is 0.270 e. The van der Waals surface area contributed by atoms with E-state index in [9.17, 15) is 15.4 Å². The largest absolute Gasteiger partial charge is 0.369 e. The Morgan fingerprint density at radius 1 is 1.27 bits per heavy atom. The summed E-state index contributed by atoms with van der Waals surface area (Å²) in [6, 6.07) is 16.5. The van der Waals surface area contributed by atoms with Crippen molar-refractivity contribution in [3.05, 3.63) is 69.9 Å². The molecule has 0 spiro atoms. The quantitative estimate of drug-likeness (QED) is 0.305. The van der Waals surface area contributed by atoms with Crippen LogP contribution in [0.1, 0.15) is 11.3 Å². The minimum atomic E-state index is -0.445. The van der Waals surface area contributed by atoms with Crippen molar-refractivity contribution < 1.29 is 4.92 Å². The molecule has 26 heavy (non-hydrogen) atoms. The number of non-ortho nitro benzene ring substituents is 1. The average molecular weight is 347 g/mol. The first-order valence-electron chi connectivity index (χ1n) is 7.96. The molecule has 0 atom stereocenters. The topological polar surface area (TPSA) is 87.5 Å². The Morgan fingerprint density at radius 3 is 2.62 bits per heavy atom. The van der Waals surface area contributed by atoms with Gasteiger partial charge in [0.2, 0.25) is 0 Å². The number of aliphatic imine (C=N–C) groups is 1. The predicted octanol–water partition coefficient (Wildman–Crippen LogP) is 3.69. The van der Waals surface area contributed by atoms with Crippen molar-refractivity contribution in [2.75, 3.05) is 14.1 Å². The molecule has 7 nitrogen and oxygen atoms in total. The fourth-order valence-corrected chi connectivity index (χ4v) is 2.79. The van der Waals surface area contributed by atoms with Gasteiger partial charge in [-0.25, -0.2) is 4.99 Å². The Balaban J connectivity index is 2.26. The van der Waals surface area contributed by atoms with Crippen LogP contribution in [0.4, 0.5) is 11.4 Å². The van der Waals surface area contributed by atoms with E-state index in [0.29, 0.717) is 23.3 Å². The van der Waals surface area contributed by atoms with Gasteiger partial charge in [0, 0.05) is 38.2 Å². The molecule has 7 heteroatoms. The van der Waals surface area contributed by atoms with E-state index in [1.807, 2.05) is 49.0 Å². The number of nitro groups is 1. The molecule has 0 amide bonds. The van der Waals surface area contributed by atoms with Gasteiger partial charge in [0.25, 0.3) is 5.69 Å². The van der Waals surface area contributed by atoms with Crippen LogP contribution in [-0.2, 0) is 6.54 Å². The van der Waals surface area contributed by atoms with E-state index in [-0.39, 0.29) is 5.69 Å². The zero-order valence-electron chi connectivity index (χ0n) is 14.5. The van der Waals surface area contributed by atoms with Gasteiger partial charge in [0.05, 0.1) is 16.8 Å². The number of hydrogen-bond donors (Lipinski definition) is 0. The number of nitro benzene ring substituents is 1. The lowest BCUT2D eigenvalue weighted by atomic mass is 10.2. The van der Waals surface area contributed by atoms with E-state index in [2.05, 4.69) is 11.1 Å². The number of benzene rings is 2. The Hall–Kier alpha value is -3.66. The van der Waals surface area contributed by atoms with Crippen LogP contribution in [0.5, 0.6) is 0 Å². The van der Waals surface area contributed by atoms with Gasteiger partial charge in [-0.1, -0.05) is 30.3 Å². The first kappa shape index (κ1) is 17.2. The summed E-state index contributed by atoms with van der Waals surface area (Å²) < 4.78 is 1.84. The molecular formula is C19H17N5O2. The molecule has 0 saturated carbocycles. The molecule has 0 bridgehead atoms. The summed E-state index contributed by atoms with van der Waals surface area (Å²) >= 11 is 0. The van der Waals surface area contributed by atoms with Crippen LogP contribution >= 0.6 is 0 Å². The molecule has 0 unspecified atom stereocenters. The van der Waals surface area contributed by atoms with Crippen LogP contribution in [0, 0.1) is 21.4 Å². The van der Waals surface area contributed by atoms with Crippen LogP contribution < -0.4 is 0 Å². The molecule has 3 aromatic rings. The summed E-state index contributed by atoms with van der Waals surface area (Å²) in [4.78, 5) is 16.9. The summed E-state index contributed by atoms with van der Waals surface area (Å²) in [6.45, 7) is 0.482. The van der Waals surface area contributed by atoms with Gasteiger partial charge in [-0.05, 0) is 11.6 Å². The highest BCUT2D eigenvalue weighted by Gasteiger charge is 2.19. The van der Waals surface area contributed by atoms with Gasteiger partial charge in [0.15, 0.2) is 0 Å². The summed E-state index contributed by atoms with van der Waals surface area (Å²) in [5, 5.41) is 21.5. The Bertz CT molecular complexity index is 1030. The first-order chi connectivity index (χ1) is 12.5. The lowest BCUT2D eigenvalue weighted by Gasteiger charge is -2.07. The SMILES string of the molecule is CN(C)C=Nc1c(C#N)n(Cc2ccccc2)c2ccc([N+](=O)[O-])cc12. The fraction of sp³-hybridized carbons (Fsp3) is 0.158. The van der Waals surface area contributed by atoms with Gasteiger partial charge >= 0.3 is 0 Å². The number of fused-ring (bicyclic) bond motifs is 1. The summed E-state index contributed by atoms with van der Waals surface area (Å²) in [7, 11) is 3.64. The molecule has 130 valence electrons. The summed E-state index contributed by atoms with van der Waals surface area (Å²) in [5.41, 5.74) is 2.56. The third-order valence-electron chi connectivity index (χ3n) is 3.94. The second-order valence-corrected chi connectivity index (χ2v) is 6.05. The maximum atomic E-state index is 11.2. The molecular weight excluding hydrogens is 330 g/mol. The van der Waals surface area contributed by atoms with Crippen LogP contribution in [0.2, 0.25) is 0 Å². The molecule has 2 aromatic carbocycles. The predicted molar refractivity (Wildman–Crippen MR) is 101 cm³/mol. The van der Waals surface area contributed by atoms with Crippen molar-refractivity contribution >= 4 is 28.6 Å². The van der Waals surface area contributed by atoms with Gasteiger partial charge in [0.1, 0.15) is 17.5 Å². The lowest BCUT2D eigenvalue weighted by Crippen LogP contribution is -2.07.